The molecule has 0 spiro atoms. The summed E-state index contributed by atoms with van der Waals surface area (Å²) in [5, 5.41) is 10.5. The van der Waals surface area contributed by atoms with E-state index in [9.17, 15) is 4.79 Å². The summed E-state index contributed by atoms with van der Waals surface area (Å²) in [5.74, 6) is 0.930. The van der Waals surface area contributed by atoms with Crippen LogP contribution in [0.5, 0.6) is 0 Å². The van der Waals surface area contributed by atoms with Gasteiger partial charge in [-0.25, -0.2) is 4.98 Å². The summed E-state index contributed by atoms with van der Waals surface area (Å²) in [6, 6.07) is 21.5. The number of nitrogens with zero attached hydrogens (tertiary/aromatic N) is 3. The molecular weight excluding hydrogens is 404 g/mol. The fraction of sp³-hybridized carbons (Fsp3) is 0.136. The van der Waals surface area contributed by atoms with Gasteiger partial charge in [0.2, 0.25) is 11.1 Å². The van der Waals surface area contributed by atoms with E-state index < -0.39 is 0 Å². The molecule has 0 atom stereocenters. The van der Waals surface area contributed by atoms with Gasteiger partial charge in [-0.15, -0.1) is 5.10 Å². The van der Waals surface area contributed by atoms with Gasteiger partial charge in [0.15, 0.2) is 5.82 Å². The standard InChI is InChI=1S/C22H19ClN4OS/c1-2-27(19-9-5-7-15-6-3-4-8-18(15)19)20(28)14-29-22-24-21(25-26-22)16-10-12-17(23)13-11-16/h3-13H,2,14H2,1H3,(H,24,25,26). The molecule has 0 saturated carbocycles. The van der Waals surface area contributed by atoms with E-state index in [0.717, 1.165) is 22.0 Å². The monoisotopic (exact) mass is 422 g/mol. The first-order valence-electron chi connectivity index (χ1n) is 9.25. The maximum atomic E-state index is 12.9. The number of fused-ring (bicyclic) bond motifs is 1. The Kier molecular flexibility index (Phi) is 5.83. The molecule has 1 N–H and O–H groups in total. The van der Waals surface area contributed by atoms with Gasteiger partial charge in [0.25, 0.3) is 0 Å². The minimum absolute atomic E-state index is 0.0201. The smallest absolute Gasteiger partial charge is 0.237 e. The van der Waals surface area contributed by atoms with Gasteiger partial charge in [-0.1, -0.05) is 59.8 Å². The van der Waals surface area contributed by atoms with Gasteiger partial charge in [0.1, 0.15) is 0 Å². The summed E-state index contributed by atoms with van der Waals surface area (Å²) in [4.78, 5) is 19.2. The number of aromatic nitrogens is 3. The van der Waals surface area contributed by atoms with Crippen LogP contribution >= 0.6 is 23.4 Å². The molecule has 7 heteroatoms. The summed E-state index contributed by atoms with van der Waals surface area (Å²) in [5.41, 5.74) is 1.82. The molecule has 4 rings (SSSR count). The average molecular weight is 423 g/mol. The van der Waals surface area contributed by atoms with Crippen LogP contribution in [0.15, 0.2) is 71.9 Å². The van der Waals surface area contributed by atoms with Gasteiger partial charge in [-0.3, -0.25) is 9.89 Å². The highest BCUT2D eigenvalue weighted by atomic mass is 35.5. The second-order valence-electron chi connectivity index (χ2n) is 6.40. The topological polar surface area (TPSA) is 61.9 Å². The number of hydrogen-bond acceptors (Lipinski definition) is 4. The van der Waals surface area contributed by atoms with Crippen molar-refractivity contribution < 1.29 is 4.79 Å². The quantitative estimate of drug-likeness (QED) is 0.421. The molecule has 0 bridgehead atoms. The van der Waals surface area contributed by atoms with E-state index in [2.05, 4.69) is 27.3 Å². The van der Waals surface area contributed by atoms with Crippen LogP contribution in [0.3, 0.4) is 0 Å². The van der Waals surface area contributed by atoms with E-state index in [1.165, 1.54) is 11.8 Å². The summed E-state index contributed by atoms with van der Waals surface area (Å²) >= 11 is 7.25. The molecule has 0 aliphatic heterocycles. The Morgan fingerprint density at radius 1 is 1.07 bits per heavy atom. The third-order valence-corrected chi connectivity index (χ3v) is 5.67. The van der Waals surface area contributed by atoms with E-state index in [4.69, 9.17) is 11.6 Å². The maximum Gasteiger partial charge on any atom is 0.237 e. The number of nitrogens with one attached hydrogen (secondary N) is 1. The number of carbonyl (C=O) groups excluding carboxylic acids is 1. The van der Waals surface area contributed by atoms with Crippen LogP contribution in [0.4, 0.5) is 5.69 Å². The van der Waals surface area contributed by atoms with Crippen LogP contribution in [0.25, 0.3) is 22.2 Å². The van der Waals surface area contributed by atoms with Crippen molar-refractivity contribution in [2.24, 2.45) is 0 Å². The van der Waals surface area contributed by atoms with Crippen LogP contribution < -0.4 is 4.90 Å². The maximum absolute atomic E-state index is 12.9. The molecule has 0 fully saturated rings. The number of hydrogen-bond donors (Lipinski definition) is 1. The second-order valence-corrected chi connectivity index (χ2v) is 7.78. The molecule has 3 aromatic carbocycles. The summed E-state index contributed by atoms with van der Waals surface area (Å²) in [7, 11) is 0. The Balaban J connectivity index is 1.48. The van der Waals surface area contributed by atoms with Crippen molar-refractivity contribution in [1.82, 2.24) is 15.2 Å². The molecule has 0 aliphatic carbocycles. The third kappa shape index (κ3) is 4.28. The number of aromatic amines is 1. The Hall–Kier alpha value is -2.83. The number of benzene rings is 3. The summed E-state index contributed by atoms with van der Waals surface area (Å²) in [6.07, 6.45) is 0. The normalized spacial score (nSPS) is 11.0. The van der Waals surface area contributed by atoms with Gasteiger partial charge in [-0.2, -0.15) is 0 Å². The van der Waals surface area contributed by atoms with E-state index >= 15 is 0 Å². The Morgan fingerprint density at radius 3 is 2.62 bits per heavy atom. The van der Waals surface area contributed by atoms with E-state index in [1.54, 1.807) is 12.1 Å². The van der Waals surface area contributed by atoms with Crippen LogP contribution in [0, 0.1) is 0 Å². The first-order chi connectivity index (χ1) is 14.2. The lowest BCUT2D eigenvalue weighted by atomic mass is 10.1. The minimum Gasteiger partial charge on any atom is -0.311 e. The molecule has 4 aromatic rings. The highest BCUT2D eigenvalue weighted by molar-refractivity contribution is 7.99. The molecule has 0 radical (unpaired) electrons. The lowest BCUT2D eigenvalue weighted by molar-refractivity contribution is -0.116. The minimum atomic E-state index is 0.0201. The molecule has 1 amide bonds. The Morgan fingerprint density at radius 2 is 1.83 bits per heavy atom. The van der Waals surface area contributed by atoms with Crippen molar-refractivity contribution in [3.63, 3.8) is 0 Å². The van der Waals surface area contributed by atoms with Gasteiger partial charge < -0.3 is 4.90 Å². The van der Waals surface area contributed by atoms with Crippen LogP contribution in [-0.2, 0) is 4.79 Å². The highest BCUT2D eigenvalue weighted by Gasteiger charge is 2.17. The van der Waals surface area contributed by atoms with Gasteiger partial charge >= 0.3 is 0 Å². The predicted molar refractivity (Wildman–Crippen MR) is 120 cm³/mol. The second kappa shape index (κ2) is 8.68. The molecule has 0 aliphatic rings. The van der Waals surface area contributed by atoms with E-state index in [1.807, 2.05) is 54.3 Å². The number of rotatable bonds is 6. The van der Waals surface area contributed by atoms with Crippen LogP contribution in [0.1, 0.15) is 6.92 Å². The summed E-state index contributed by atoms with van der Waals surface area (Å²) < 4.78 is 0. The first-order valence-corrected chi connectivity index (χ1v) is 10.6. The van der Waals surface area contributed by atoms with Crippen LogP contribution in [-0.4, -0.2) is 33.4 Å². The molecule has 29 heavy (non-hydrogen) atoms. The predicted octanol–water partition coefficient (Wildman–Crippen LogP) is 5.42. The lowest BCUT2D eigenvalue weighted by Gasteiger charge is -2.22. The zero-order valence-corrected chi connectivity index (χ0v) is 17.4. The number of amides is 1. The van der Waals surface area contributed by atoms with Crippen molar-refractivity contribution in [1.29, 1.82) is 0 Å². The molecule has 146 valence electrons. The molecule has 0 saturated heterocycles. The van der Waals surface area contributed by atoms with Gasteiger partial charge in [0.05, 0.1) is 11.4 Å². The average Bonchev–Trinajstić information content (AvgIpc) is 3.22. The molecule has 0 unspecified atom stereocenters. The highest BCUT2D eigenvalue weighted by Crippen LogP contribution is 2.28. The fourth-order valence-corrected chi connectivity index (χ4v) is 3.98. The number of thioether (sulfide) groups is 1. The zero-order valence-electron chi connectivity index (χ0n) is 15.8. The van der Waals surface area contributed by atoms with Crippen molar-refractivity contribution >= 4 is 45.7 Å². The number of anilines is 1. The molecular formula is C22H19ClN4OS. The van der Waals surface area contributed by atoms with Crippen LogP contribution in [0.2, 0.25) is 5.02 Å². The third-order valence-electron chi connectivity index (χ3n) is 4.58. The number of halogens is 1. The molecule has 1 aromatic heterocycles. The van der Waals surface area contributed by atoms with Crippen molar-refractivity contribution in [2.45, 2.75) is 12.1 Å². The SMILES string of the molecule is CCN(C(=O)CSc1n[nH]c(-c2ccc(Cl)cc2)n1)c1cccc2ccccc12. The van der Waals surface area contributed by atoms with Gasteiger partial charge in [0, 0.05) is 22.5 Å². The van der Waals surface area contributed by atoms with E-state index in [-0.39, 0.29) is 11.7 Å². The zero-order chi connectivity index (χ0) is 20.2. The number of carbonyl (C=O) groups is 1. The Bertz CT molecular complexity index is 1140. The van der Waals surface area contributed by atoms with Gasteiger partial charge in [-0.05, 0) is 42.6 Å². The van der Waals surface area contributed by atoms with Crippen molar-refractivity contribution in [3.05, 3.63) is 71.8 Å². The molecule has 1 heterocycles. The molecule has 5 nitrogen and oxygen atoms in total. The van der Waals surface area contributed by atoms with Crippen molar-refractivity contribution in [3.8, 4) is 11.4 Å². The fourth-order valence-electron chi connectivity index (χ4n) is 3.18. The Labute approximate surface area is 178 Å². The lowest BCUT2D eigenvalue weighted by Crippen LogP contribution is -2.32. The van der Waals surface area contributed by atoms with E-state index in [0.29, 0.717) is 22.5 Å². The van der Waals surface area contributed by atoms with Crippen molar-refractivity contribution in [2.75, 3.05) is 17.2 Å². The first kappa shape index (κ1) is 19.5. The number of H-pyrrole nitrogens is 1. The summed E-state index contributed by atoms with van der Waals surface area (Å²) in [6.45, 7) is 2.58. The largest absolute Gasteiger partial charge is 0.311 e.